The van der Waals surface area contributed by atoms with Gasteiger partial charge in [-0.1, -0.05) is 12.1 Å². The Kier molecular flexibility index (Phi) is 2.38. The van der Waals surface area contributed by atoms with Crippen LogP contribution in [0.5, 0.6) is 5.75 Å². The number of carbonyl (C=O) groups is 1. The summed E-state index contributed by atoms with van der Waals surface area (Å²) in [5.74, 6) is -0.779. The standard InChI is InChI=1S/C12H9N5O2/c13-12(19)10-9(15-17-16-10)7-4-3-6-2-1-5-14-8(6)11(7)18/h1-5,18H,(H2,13,19)(H,15,16,17). The molecular weight excluding hydrogens is 246 g/mol. The van der Waals surface area contributed by atoms with Gasteiger partial charge in [0.05, 0.1) is 0 Å². The van der Waals surface area contributed by atoms with Crippen molar-refractivity contribution in [1.82, 2.24) is 20.4 Å². The Morgan fingerprint density at radius 3 is 2.89 bits per heavy atom. The molecule has 4 N–H and O–H groups in total. The lowest BCUT2D eigenvalue weighted by Gasteiger charge is -2.05. The highest BCUT2D eigenvalue weighted by Gasteiger charge is 2.19. The van der Waals surface area contributed by atoms with E-state index in [9.17, 15) is 9.90 Å². The zero-order valence-corrected chi connectivity index (χ0v) is 9.66. The minimum absolute atomic E-state index is 0.0226. The molecule has 0 bridgehead atoms. The number of nitrogens with one attached hydrogen (secondary N) is 1. The monoisotopic (exact) mass is 255 g/mol. The molecule has 0 fully saturated rings. The Morgan fingerprint density at radius 1 is 1.26 bits per heavy atom. The van der Waals surface area contributed by atoms with Crippen molar-refractivity contribution in [3.63, 3.8) is 0 Å². The second kappa shape index (κ2) is 4.05. The summed E-state index contributed by atoms with van der Waals surface area (Å²) >= 11 is 0. The van der Waals surface area contributed by atoms with Crippen LogP contribution in [-0.4, -0.2) is 31.4 Å². The van der Waals surface area contributed by atoms with Gasteiger partial charge >= 0.3 is 0 Å². The fourth-order valence-electron chi connectivity index (χ4n) is 1.91. The number of aromatic hydroxyl groups is 1. The van der Waals surface area contributed by atoms with Crippen LogP contribution in [0.25, 0.3) is 22.2 Å². The molecule has 1 aromatic carbocycles. The summed E-state index contributed by atoms with van der Waals surface area (Å²) in [4.78, 5) is 15.3. The van der Waals surface area contributed by atoms with Crippen LogP contribution in [0, 0.1) is 0 Å². The number of carbonyl (C=O) groups excluding carboxylic acids is 1. The molecule has 0 aliphatic heterocycles. The van der Waals surface area contributed by atoms with Gasteiger partial charge in [-0.05, 0) is 12.1 Å². The molecule has 2 aromatic heterocycles. The maximum atomic E-state index is 11.2. The van der Waals surface area contributed by atoms with E-state index in [2.05, 4.69) is 20.4 Å². The average Bonchev–Trinajstić information content (AvgIpc) is 2.89. The Hall–Kier alpha value is -2.96. The number of nitrogens with two attached hydrogens (primary N) is 1. The summed E-state index contributed by atoms with van der Waals surface area (Å²) in [6.07, 6.45) is 1.57. The maximum absolute atomic E-state index is 11.2. The smallest absolute Gasteiger partial charge is 0.271 e. The molecule has 94 valence electrons. The number of primary amides is 1. The minimum Gasteiger partial charge on any atom is -0.505 e. The zero-order chi connectivity index (χ0) is 13.4. The number of amides is 1. The van der Waals surface area contributed by atoms with Crippen molar-refractivity contribution in [3.8, 4) is 17.0 Å². The van der Waals surface area contributed by atoms with E-state index >= 15 is 0 Å². The highest BCUT2D eigenvalue weighted by Crippen LogP contribution is 2.34. The summed E-state index contributed by atoms with van der Waals surface area (Å²) in [5.41, 5.74) is 6.17. The highest BCUT2D eigenvalue weighted by atomic mass is 16.3. The Labute approximate surface area is 107 Å². The number of aromatic nitrogens is 4. The lowest BCUT2D eigenvalue weighted by Crippen LogP contribution is -2.12. The molecule has 2 heterocycles. The number of phenols is 1. The summed E-state index contributed by atoms with van der Waals surface area (Å²) < 4.78 is 0. The van der Waals surface area contributed by atoms with Gasteiger partial charge in [0.1, 0.15) is 11.2 Å². The summed E-state index contributed by atoms with van der Waals surface area (Å²) in [7, 11) is 0. The van der Waals surface area contributed by atoms with Gasteiger partial charge in [0, 0.05) is 17.1 Å². The molecule has 0 spiro atoms. The third-order valence-corrected chi connectivity index (χ3v) is 2.78. The van der Waals surface area contributed by atoms with E-state index in [1.807, 2.05) is 6.07 Å². The number of H-pyrrole nitrogens is 1. The summed E-state index contributed by atoms with van der Waals surface area (Å²) in [5, 5.41) is 20.9. The Balaban J connectivity index is 2.28. The zero-order valence-electron chi connectivity index (χ0n) is 9.66. The van der Waals surface area contributed by atoms with Crippen LogP contribution >= 0.6 is 0 Å². The van der Waals surface area contributed by atoms with Gasteiger partial charge in [-0.25, -0.2) is 0 Å². The summed E-state index contributed by atoms with van der Waals surface area (Å²) in [6, 6.07) is 7.01. The van der Waals surface area contributed by atoms with Gasteiger partial charge in [0.15, 0.2) is 11.4 Å². The molecule has 19 heavy (non-hydrogen) atoms. The quantitative estimate of drug-likeness (QED) is 0.626. The van der Waals surface area contributed by atoms with Crippen LogP contribution in [-0.2, 0) is 0 Å². The molecule has 7 heteroatoms. The van der Waals surface area contributed by atoms with Crippen molar-refractivity contribution < 1.29 is 9.90 Å². The number of aromatic amines is 1. The molecule has 1 amide bonds. The van der Waals surface area contributed by atoms with Gasteiger partial charge < -0.3 is 10.8 Å². The van der Waals surface area contributed by atoms with Crippen LogP contribution in [0.2, 0.25) is 0 Å². The molecule has 0 aliphatic rings. The van der Waals surface area contributed by atoms with Crippen LogP contribution in [0.1, 0.15) is 10.5 Å². The summed E-state index contributed by atoms with van der Waals surface area (Å²) in [6.45, 7) is 0. The number of fused-ring (bicyclic) bond motifs is 1. The number of benzene rings is 1. The molecule has 0 saturated heterocycles. The van der Waals surface area contributed by atoms with E-state index in [0.717, 1.165) is 5.39 Å². The van der Waals surface area contributed by atoms with Gasteiger partial charge in [-0.15, -0.1) is 0 Å². The molecule has 0 aliphatic carbocycles. The third-order valence-electron chi connectivity index (χ3n) is 2.78. The average molecular weight is 255 g/mol. The first-order valence-electron chi connectivity index (χ1n) is 5.46. The van der Waals surface area contributed by atoms with Gasteiger partial charge in [-0.3, -0.25) is 9.78 Å². The van der Waals surface area contributed by atoms with E-state index < -0.39 is 5.91 Å². The molecule has 0 radical (unpaired) electrons. The van der Waals surface area contributed by atoms with Crippen LogP contribution in [0.4, 0.5) is 0 Å². The number of nitrogens with zero attached hydrogens (tertiary/aromatic N) is 3. The van der Waals surface area contributed by atoms with E-state index in [4.69, 9.17) is 5.73 Å². The third kappa shape index (κ3) is 1.68. The molecule has 0 atom stereocenters. The molecular formula is C12H9N5O2. The second-order valence-corrected chi connectivity index (χ2v) is 3.92. The van der Waals surface area contributed by atoms with E-state index in [0.29, 0.717) is 11.1 Å². The van der Waals surface area contributed by atoms with Crippen molar-refractivity contribution in [1.29, 1.82) is 0 Å². The van der Waals surface area contributed by atoms with Crippen LogP contribution in [0.15, 0.2) is 30.5 Å². The van der Waals surface area contributed by atoms with Crippen molar-refractivity contribution in [2.75, 3.05) is 0 Å². The highest BCUT2D eigenvalue weighted by molar-refractivity contribution is 5.99. The molecule has 0 saturated carbocycles. The molecule has 3 rings (SSSR count). The fraction of sp³-hybridized carbons (Fsp3) is 0. The van der Waals surface area contributed by atoms with E-state index in [1.54, 1.807) is 24.4 Å². The topological polar surface area (TPSA) is 118 Å². The fourth-order valence-corrected chi connectivity index (χ4v) is 1.91. The Bertz CT molecular complexity index is 781. The van der Waals surface area contributed by atoms with Gasteiger partial charge in [0.25, 0.3) is 5.91 Å². The second-order valence-electron chi connectivity index (χ2n) is 3.92. The minimum atomic E-state index is -0.718. The molecule has 3 aromatic rings. The van der Waals surface area contributed by atoms with E-state index in [-0.39, 0.29) is 17.1 Å². The number of pyridine rings is 1. The predicted molar refractivity (Wildman–Crippen MR) is 67.3 cm³/mol. The Morgan fingerprint density at radius 2 is 2.11 bits per heavy atom. The maximum Gasteiger partial charge on any atom is 0.271 e. The predicted octanol–water partition coefficient (Wildman–Crippen LogP) is 0.824. The van der Waals surface area contributed by atoms with Gasteiger partial charge in [0.2, 0.25) is 0 Å². The van der Waals surface area contributed by atoms with Crippen LogP contribution < -0.4 is 5.73 Å². The number of hydrogen-bond acceptors (Lipinski definition) is 5. The van der Waals surface area contributed by atoms with E-state index in [1.165, 1.54) is 0 Å². The van der Waals surface area contributed by atoms with Gasteiger partial charge in [-0.2, -0.15) is 15.4 Å². The number of hydrogen-bond donors (Lipinski definition) is 3. The van der Waals surface area contributed by atoms with Crippen molar-refractivity contribution >= 4 is 16.8 Å². The normalized spacial score (nSPS) is 10.7. The molecule has 7 nitrogen and oxygen atoms in total. The van der Waals surface area contributed by atoms with Crippen LogP contribution in [0.3, 0.4) is 0 Å². The number of rotatable bonds is 2. The first-order valence-corrected chi connectivity index (χ1v) is 5.46. The van der Waals surface area contributed by atoms with Crippen molar-refractivity contribution in [2.45, 2.75) is 0 Å². The van der Waals surface area contributed by atoms with Crippen molar-refractivity contribution in [2.24, 2.45) is 5.73 Å². The number of phenolic OH excluding ortho intramolecular Hbond substituents is 1. The largest absolute Gasteiger partial charge is 0.505 e. The van der Waals surface area contributed by atoms with Crippen molar-refractivity contribution in [3.05, 3.63) is 36.2 Å². The SMILES string of the molecule is NC(=O)c1n[nH]nc1-c1ccc2cccnc2c1O. The molecule has 0 unspecified atom stereocenters. The lowest BCUT2D eigenvalue weighted by molar-refractivity contribution is 0.0996. The first kappa shape index (κ1) is 11.1. The lowest BCUT2D eigenvalue weighted by atomic mass is 10.1. The first-order chi connectivity index (χ1) is 9.18.